The van der Waals surface area contributed by atoms with E-state index >= 15 is 0 Å². The molecule has 2 atom stereocenters. The Morgan fingerprint density at radius 1 is 1.32 bits per heavy atom. The van der Waals surface area contributed by atoms with E-state index < -0.39 is 10.0 Å². The fourth-order valence-electron chi connectivity index (χ4n) is 2.08. The Bertz CT molecular complexity index is 514. The van der Waals surface area contributed by atoms with E-state index in [0.29, 0.717) is 6.04 Å². The molecule has 6 heteroatoms. The lowest BCUT2D eigenvalue weighted by atomic mass is 10.1. The molecule has 19 heavy (non-hydrogen) atoms. The number of rotatable bonds is 6. The van der Waals surface area contributed by atoms with Crippen LogP contribution in [0.3, 0.4) is 0 Å². The molecule has 0 aliphatic carbocycles. The minimum Gasteiger partial charge on any atom is -0.308 e. The lowest BCUT2D eigenvalue weighted by Gasteiger charge is -2.23. The van der Waals surface area contributed by atoms with E-state index in [2.05, 4.69) is 17.1 Å². The van der Waals surface area contributed by atoms with Gasteiger partial charge in [0.05, 0.1) is 4.90 Å². The van der Waals surface area contributed by atoms with Crippen LogP contribution in [-0.4, -0.2) is 40.0 Å². The largest absolute Gasteiger partial charge is 0.308 e. The summed E-state index contributed by atoms with van der Waals surface area (Å²) in [5, 5.41) is 8.57. The summed E-state index contributed by atoms with van der Waals surface area (Å²) in [7, 11) is 0.394. The van der Waals surface area contributed by atoms with E-state index in [1.54, 1.807) is 12.1 Å². The zero-order valence-corrected chi connectivity index (χ0v) is 12.7. The van der Waals surface area contributed by atoms with Crippen molar-refractivity contribution in [2.45, 2.75) is 30.8 Å². The SMILES string of the molecule is CC(CN(C)C)NC(C)c1cccc(S(N)(=O)=O)c1. The zero-order chi connectivity index (χ0) is 14.6. The standard InChI is InChI=1S/C13H23N3O2S/c1-10(9-16(3)4)15-11(2)12-6-5-7-13(8-12)19(14,17)18/h5-8,10-11,15H,9H2,1-4H3,(H2,14,17,18). The van der Waals surface area contributed by atoms with Gasteiger partial charge in [0.1, 0.15) is 0 Å². The van der Waals surface area contributed by atoms with Crippen LogP contribution in [0.25, 0.3) is 0 Å². The molecule has 108 valence electrons. The fourth-order valence-corrected chi connectivity index (χ4v) is 2.65. The van der Waals surface area contributed by atoms with Crippen LogP contribution in [0, 0.1) is 0 Å². The van der Waals surface area contributed by atoms with Gasteiger partial charge in [-0.3, -0.25) is 0 Å². The maximum absolute atomic E-state index is 11.3. The second-order valence-electron chi connectivity index (χ2n) is 5.17. The quantitative estimate of drug-likeness (QED) is 0.815. The summed E-state index contributed by atoms with van der Waals surface area (Å²) in [6, 6.07) is 7.11. The lowest BCUT2D eigenvalue weighted by molar-refractivity contribution is 0.334. The Kier molecular flexibility index (Phi) is 5.49. The molecule has 0 fully saturated rings. The highest BCUT2D eigenvalue weighted by Gasteiger charge is 2.13. The van der Waals surface area contributed by atoms with Crippen LogP contribution in [0.5, 0.6) is 0 Å². The van der Waals surface area contributed by atoms with Gasteiger partial charge in [-0.2, -0.15) is 0 Å². The molecule has 0 aliphatic rings. The number of hydrogen-bond acceptors (Lipinski definition) is 4. The molecule has 1 aromatic rings. The number of benzene rings is 1. The maximum atomic E-state index is 11.3. The molecule has 1 rings (SSSR count). The van der Waals surface area contributed by atoms with Gasteiger partial charge in [0.15, 0.2) is 0 Å². The minimum atomic E-state index is -3.64. The average molecular weight is 285 g/mol. The van der Waals surface area contributed by atoms with Crippen LogP contribution in [0.1, 0.15) is 25.5 Å². The Morgan fingerprint density at radius 3 is 2.47 bits per heavy atom. The van der Waals surface area contributed by atoms with Crippen LogP contribution < -0.4 is 10.5 Å². The van der Waals surface area contributed by atoms with Gasteiger partial charge in [-0.25, -0.2) is 13.6 Å². The minimum absolute atomic E-state index is 0.0663. The monoisotopic (exact) mass is 285 g/mol. The van der Waals surface area contributed by atoms with Crippen molar-refractivity contribution in [3.63, 3.8) is 0 Å². The maximum Gasteiger partial charge on any atom is 0.238 e. The predicted molar refractivity (Wildman–Crippen MR) is 77.4 cm³/mol. The van der Waals surface area contributed by atoms with E-state index in [4.69, 9.17) is 5.14 Å². The molecular formula is C13H23N3O2S. The van der Waals surface area contributed by atoms with Crippen molar-refractivity contribution in [2.75, 3.05) is 20.6 Å². The molecule has 0 saturated carbocycles. The van der Waals surface area contributed by atoms with Crippen LogP contribution in [0.2, 0.25) is 0 Å². The molecule has 0 amide bonds. The zero-order valence-electron chi connectivity index (χ0n) is 11.9. The van der Waals surface area contributed by atoms with Crippen LogP contribution in [0.15, 0.2) is 29.2 Å². The average Bonchev–Trinajstić information content (AvgIpc) is 2.26. The molecule has 0 spiro atoms. The Labute approximate surface area is 115 Å². The normalized spacial score (nSPS) is 15.5. The van der Waals surface area contributed by atoms with Crippen molar-refractivity contribution in [2.24, 2.45) is 5.14 Å². The number of nitrogens with zero attached hydrogens (tertiary/aromatic N) is 1. The second-order valence-corrected chi connectivity index (χ2v) is 6.73. The predicted octanol–water partition coefficient (Wildman–Crippen LogP) is 0.935. The van der Waals surface area contributed by atoms with Crippen molar-refractivity contribution in [3.05, 3.63) is 29.8 Å². The molecule has 0 heterocycles. The number of primary sulfonamides is 1. The summed E-state index contributed by atoms with van der Waals surface area (Å²) in [6.07, 6.45) is 0. The summed E-state index contributed by atoms with van der Waals surface area (Å²) >= 11 is 0. The first-order valence-corrected chi connectivity index (χ1v) is 7.78. The molecule has 0 aromatic heterocycles. The van der Waals surface area contributed by atoms with Crippen molar-refractivity contribution in [1.82, 2.24) is 10.2 Å². The second kappa shape index (κ2) is 6.47. The van der Waals surface area contributed by atoms with E-state index in [1.807, 2.05) is 27.1 Å². The van der Waals surface area contributed by atoms with Gasteiger partial charge < -0.3 is 10.2 Å². The number of likely N-dealkylation sites (N-methyl/N-ethyl adjacent to an activating group) is 1. The van der Waals surface area contributed by atoms with Crippen LogP contribution in [-0.2, 0) is 10.0 Å². The summed E-state index contributed by atoms with van der Waals surface area (Å²) in [6.45, 7) is 5.02. The van der Waals surface area contributed by atoms with Gasteiger partial charge >= 0.3 is 0 Å². The van der Waals surface area contributed by atoms with Crippen molar-refractivity contribution >= 4 is 10.0 Å². The number of hydrogen-bond donors (Lipinski definition) is 2. The van der Waals surface area contributed by atoms with E-state index in [1.165, 1.54) is 6.07 Å². The molecule has 0 aliphatic heterocycles. The summed E-state index contributed by atoms with van der Waals surface area (Å²) in [5.41, 5.74) is 0.914. The Morgan fingerprint density at radius 2 is 1.95 bits per heavy atom. The highest BCUT2D eigenvalue weighted by Crippen LogP contribution is 2.17. The highest BCUT2D eigenvalue weighted by atomic mass is 32.2. The number of nitrogens with two attached hydrogens (primary N) is 1. The third kappa shape index (κ3) is 5.28. The first-order chi connectivity index (χ1) is 8.70. The molecule has 0 bridgehead atoms. The summed E-state index contributed by atoms with van der Waals surface area (Å²) in [4.78, 5) is 2.25. The number of sulfonamides is 1. The molecular weight excluding hydrogens is 262 g/mol. The van der Waals surface area contributed by atoms with Crippen molar-refractivity contribution in [3.8, 4) is 0 Å². The molecule has 0 saturated heterocycles. The molecule has 3 N–H and O–H groups in total. The fraction of sp³-hybridized carbons (Fsp3) is 0.538. The third-order valence-electron chi connectivity index (χ3n) is 2.86. The van der Waals surface area contributed by atoms with E-state index in [0.717, 1.165) is 12.1 Å². The van der Waals surface area contributed by atoms with Crippen LogP contribution >= 0.6 is 0 Å². The van der Waals surface area contributed by atoms with E-state index in [9.17, 15) is 8.42 Å². The third-order valence-corrected chi connectivity index (χ3v) is 3.77. The Balaban J connectivity index is 2.80. The van der Waals surface area contributed by atoms with Crippen molar-refractivity contribution < 1.29 is 8.42 Å². The van der Waals surface area contributed by atoms with Gasteiger partial charge in [0.2, 0.25) is 10.0 Å². The topological polar surface area (TPSA) is 75.4 Å². The molecule has 0 radical (unpaired) electrons. The van der Waals surface area contributed by atoms with E-state index in [-0.39, 0.29) is 10.9 Å². The van der Waals surface area contributed by atoms with Gasteiger partial charge in [0, 0.05) is 18.6 Å². The molecule has 5 nitrogen and oxygen atoms in total. The summed E-state index contributed by atoms with van der Waals surface area (Å²) < 4.78 is 22.7. The smallest absolute Gasteiger partial charge is 0.238 e. The van der Waals surface area contributed by atoms with Gasteiger partial charge in [-0.05, 0) is 45.6 Å². The first kappa shape index (κ1) is 16.1. The Hall–Kier alpha value is -0.950. The number of nitrogens with one attached hydrogen (secondary N) is 1. The van der Waals surface area contributed by atoms with Crippen molar-refractivity contribution in [1.29, 1.82) is 0 Å². The van der Waals surface area contributed by atoms with Gasteiger partial charge in [0.25, 0.3) is 0 Å². The van der Waals surface area contributed by atoms with Gasteiger partial charge in [-0.15, -0.1) is 0 Å². The first-order valence-electron chi connectivity index (χ1n) is 6.23. The molecule has 2 unspecified atom stereocenters. The highest BCUT2D eigenvalue weighted by molar-refractivity contribution is 7.89. The van der Waals surface area contributed by atoms with Gasteiger partial charge in [-0.1, -0.05) is 12.1 Å². The summed E-state index contributed by atoms with van der Waals surface area (Å²) in [5.74, 6) is 0. The molecule has 1 aromatic carbocycles. The lowest BCUT2D eigenvalue weighted by Crippen LogP contribution is -2.37. The van der Waals surface area contributed by atoms with Crippen LogP contribution in [0.4, 0.5) is 0 Å².